The van der Waals surface area contributed by atoms with Gasteiger partial charge in [0.25, 0.3) is 0 Å². The molecule has 1 aromatic carbocycles. The molecule has 1 saturated heterocycles. The Labute approximate surface area is 155 Å². The van der Waals surface area contributed by atoms with Crippen LogP contribution >= 0.6 is 0 Å². The minimum atomic E-state index is 0.202. The molecule has 1 N–H and O–H groups in total. The Hall–Kier alpha value is -2.11. The number of morpholine rings is 1. The van der Waals surface area contributed by atoms with Crippen LogP contribution in [0.4, 0.5) is 0 Å². The summed E-state index contributed by atoms with van der Waals surface area (Å²) in [7, 11) is 1.66. The molecule has 0 radical (unpaired) electrons. The van der Waals surface area contributed by atoms with Crippen molar-refractivity contribution in [1.82, 2.24) is 4.57 Å². The van der Waals surface area contributed by atoms with Gasteiger partial charge in [0.1, 0.15) is 37.6 Å². The van der Waals surface area contributed by atoms with Gasteiger partial charge in [-0.2, -0.15) is 0 Å². The lowest BCUT2D eigenvalue weighted by atomic mass is 10.1. The van der Waals surface area contributed by atoms with E-state index < -0.39 is 0 Å². The zero-order valence-electron chi connectivity index (χ0n) is 16.3. The maximum Gasteiger partial charge on any atom is 0.218 e. The molecule has 2 heterocycles. The summed E-state index contributed by atoms with van der Waals surface area (Å²) in [5.74, 6) is 1.03. The highest BCUT2D eigenvalue weighted by atomic mass is 16.5. The van der Waals surface area contributed by atoms with Gasteiger partial charge >= 0.3 is 0 Å². The molecule has 0 amide bonds. The molecular weight excluding hydrogens is 328 g/mol. The molecule has 1 aliphatic heterocycles. The lowest BCUT2D eigenvalue weighted by Gasteiger charge is -2.31. The van der Waals surface area contributed by atoms with E-state index in [4.69, 9.17) is 9.47 Å². The molecule has 5 heteroatoms. The topological polar surface area (TPSA) is 44.9 Å². The first-order chi connectivity index (χ1) is 12.4. The van der Waals surface area contributed by atoms with Crippen LogP contribution in [0.1, 0.15) is 35.6 Å². The van der Waals surface area contributed by atoms with E-state index in [0.29, 0.717) is 6.54 Å². The van der Waals surface area contributed by atoms with Gasteiger partial charge in [0, 0.05) is 22.6 Å². The van der Waals surface area contributed by atoms with Crippen LogP contribution in [0.25, 0.3) is 5.69 Å². The average molecular weight is 357 g/mol. The second-order valence-electron chi connectivity index (χ2n) is 7.33. The molecule has 0 aliphatic carbocycles. The SMILES string of the molecule is COc1ccc(-n2c(C)cc(C(=O)C[NH+]3C[C@H](C)O[C@@H](C)C3)c2C)cc1. The minimum Gasteiger partial charge on any atom is -0.497 e. The van der Waals surface area contributed by atoms with Crippen molar-refractivity contribution >= 4 is 5.78 Å². The summed E-state index contributed by atoms with van der Waals surface area (Å²) in [5, 5.41) is 0. The first-order valence-corrected chi connectivity index (χ1v) is 9.24. The van der Waals surface area contributed by atoms with Crippen LogP contribution in [0.2, 0.25) is 0 Å². The molecule has 1 aromatic heterocycles. The van der Waals surface area contributed by atoms with Gasteiger partial charge in [-0.15, -0.1) is 0 Å². The van der Waals surface area contributed by atoms with Gasteiger partial charge in [-0.3, -0.25) is 4.79 Å². The standard InChI is InChI=1S/C21H28N2O3/c1-14-10-20(21(24)13-22-11-15(2)26-16(3)12-22)17(4)23(14)18-6-8-19(25-5)9-7-18/h6-10,15-16H,11-13H2,1-5H3/p+1/t15-,16-/m0/s1. The van der Waals surface area contributed by atoms with Crippen LogP contribution in [0.15, 0.2) is 30.3 Å². The first-order valence-electron chi connectivity index (χ1n) is 9.24. The molecular formula is C21H29N2O3+. The summed E-state index contributed by atoms with van der Waals surface area (Å²) in [6, 6.07) is 9.93. The number of hydrogen-bond acceptors (Lipinski definition) is 3. The normalized spacial score (nSPS) is 23.0. The lowest BCUT2D eigenvalue weighted by Crippen LogP contribution is -3.16. The number of nitrogens with zero attached hydrogens (tertiary/aromatic N) is 1. The smallest absolute Gasteiger partial charge is 0.218 e. The van der Waals surface area contributed by atoms with E-state index in [0.717, 1.165) is 41.5 Å². The monoisotopic (exact) mass is 357 g/mol. The minimum absolute atomic E-state index is 0.202. The molecule has 140 valence electrons. The zero-order chi connectivity index (χ0) is 18.8. The number of aryl methyl sites for hydroxylation is 1. The third-order valence-corrected chi connectivity index (χ3v) is 5.09. The number of carbonyl (C=O) groups excluding carboxylic acids is 1. The molecule has 2 aromatic rings. The second-order valence-corrected chi connectivity index (χ2v) is 7.33. The quantitative estimate of drug-likeness (QED) is 0.833. The molecule has 0 spiro atoms. The van der Waals surface area contributed by atoms with Crippen LogP contribution in [-0.2, 0) is 4.74 Å². The highest BCUT2D eigenvalue weighted by Gasteiger charge is 2.28. The van der Waals surface area contributed by atoms with Crippen molar-refractivity contribution in [3.05, 3.63) is 47.3 Å². The van der Waals surface area contributed by atoms with Crippen molar-refractivity contribution in [2.24, 2.45) is 0 Å². The summed E-state index contributed by atoms with van der Waals surface area (Å²) < 4.78 is 13.1. The van der Waals surface area contributed by atoms with Gasteiger partial charge < -0.3 is 18.9 Å². The van der Waals surface area contributed by atoms with Gasteiger partial charge in [0.05, 0.1) is 7.11 Å². The third kappa shape index (κ3) is 3.84. The van der Waals surface area contributed by atoms with E-state index in [2.05, 4.69) is 18.4 Å². The van der Waals surface area contributed by atoms with Crippen molar-refractivity contribution in [2.45, 2.75) is 39.9 Å². The highest BCUT2D eigenvalue weighted by Crippen LogP contribution is 2.23. The van der Waals surface area contributed by atoms with Gasteiger partial charge in [0.2, 0.25) is 5.78 Å². The largest absolute Gasteiger partial charge is 0.497 e. The molecule has 0 unspecified atom stereocenters. The molecule has 0 bridgehead atoms. The van der Waals surface area contributed by atoms with Crippen molar-refractivity contribution in [2.75, 3.05) is 26.7 Å². The van der Waals surface area contributed by atoms with E-state index in [-0.39, 0.29) is 18.0 Å². The fraction of sp³-hybridized carbons (Fsp3) is 0.476. The van der Waals surface area contributed by atoms with Crippen LogP contribution in [-0.4, -0.2) is 49.3 Å². The summed E-state index contributed by atoms with van der Waals surface area (Å²) in [5.41, 5.74) is 3.92. The first kappa shape index (κ1) is 18.7. The molecule has 5 nitrogen and oxygen atoms in total. The van der Waals surface area contributed by atoms with E-state index in [1.807, 2.05) is 44.2 Å². The van der Waals surface area contributed by atoms with Gasteiger partial charge in [-0.05, 0) is 58.0 Å². The number of aromatic nitrogens is 1. The van der Waals surface area contributed by atoms with E-state index >= 15 is 0 Å². The number of methoxy groups -OCH3 is 1. The van der Waals surface area contributed by atoms with Crippen molar-refractivity contribution in [1.29, 1.82) is 0 Å². The highest BCUT2D eigenvalue weighted by molar-refractivity contribution is 5.98. The second kappa shape index (κ2) is 7.64. The van der Waals surface area contributed by atoms with Gasteiger partial charge in [-0.1, -0.05) is 0 Å². The molecule has 3 rings (SSSR count). The Morgan fingerprint density at radius 3 is 2.38 bits per heavy atom. The molecule has 26 heavy (non-hydrogen) atoms. The van der Waals surface area contributed by atoms with Gasteiger partial charge in [-0.25, -0.2) is 0 Å². The lowest BCUT2D eigenvalue weighted by molar-refractivity contribution is -0.906. The molecule has 1 aliphatic rings. The molecule has 1 fully saturated rings. The average Bonchev–Trinajstić information content (AvgIpc) is 2.89. The summed E-state index contributed by atoms with van der Waals surface area (Å²) >= 11 is 0. The van der Waals surface area contributed by atoms with Crippen LogP contribution < -0.4 is 9.64 Å². The maximum atomic E-state index is 12.9. The van der Waals surface area contributed by atoms with Crippen molar-refractivity contribution in [3.8, 4) is 11.4 Å². The predicted molar refractivity (Wildman–Crippen MR) is 102 cm³/mol. The number of rotatable bonds is 5. The number of ketones is 1. The fourth-order valence-corrected chi connectivity index (χ4v) is 4.03. The third-order valence-electron chi connectivity index (χ3n) is 5.09. The fourth-order valence-electron chi connectivity index (χ4n) is 4.03. The predicted octanol–water partition coefficient (Wildman–Crippen LogP) is 1.98. The number of benzene rings is 1. The summed E-state index contributed by atoms with van der Waals surface area (Å²) in [6.07, 6.45) is 0.404. The Morgan fingerprint density at radius 2 is 1.81 bits per heavy atom. The zero-order valence-corrected chi connectivity index (χ0v) is 16.3. The number of carbonyl (C=O) groups is 1. The molecule has 2 atom stereocenters. The van der Waals surface area contributed by atoms with Crippen molar-refractivity contribution < 1.29 is 19.2 Å². The Morgan fingerprint density at radius 1 is 1.19 bits per heavy atom. The summed E-state index contributed by atoms with van der Waals surface area (Å²) in [4.78, 5) is 14.3. The van der Waals surface area contributed by atoms with Crippen LogP contribution in [0.5, 0.6) is 5.75 Å². The van der Waals surface area contributed by atoms with Crippen molar-refractivity contribution in [3.63, 3.8) is 0 Å². The van der Waals surface area contributed by atoms with E-state index in [1.165, 1.54) is 4.90 Å². The van der Waals surface area contributed by atoms with E-state index in [9.17, 15) is 4.79 Å². The van der Waals surface area contributed by atoms with Crippen LogP contribution in [0.3, 0.4) is 0 Å². The van der Waals surface area contributed by atoms with Gasteiger partial charge in [0.15, 0.2) is 0 Å². The van der Waals surface area contributed by atoms with Crippen LogP contribution in [0, 0.1) is 13.8 Å². The van der Waals surface area contributed by atoms with E-state index in [1.54, 1.807) is 7.11 Å². The maximum absolute atomic E-state index is 12.9. The number of hydrogen-bond donors (Lipinski definition) is 1. The number of Topliss-reactive ketones (excluding diaryl/α,β-unsaturated/α-hetero) is 1. The summed E-state index contributed by atoms with van der Waals surface area (Å²) in [6.45, 7) is 10.5. The number of nitrogens with one attached hydrogen (secondary N) is 1. The Balaban J connectivity index is 1.81. The number of ether oxygens (including phenoxy) is 2. The molecule has 0 saturated carbocycles. The Bertz CT molecular complexity index is 769. The number of quaternary nitrogens is 1. The Kier molecular flexibility index (Phi) is 5.49.